The minimum atomic E-state index is -0.557. The van der Waals surface area contributed by atoms with E-state index < -0.39 is 17.3 Å². The van der Waals surface area contributed by atoms with Crippen molar-refractivity contribution in [2.75, 3.05) is 10.6 Å². The van der Waals surface area contributed by atoms with Crippen LogP contribution in [-0.4, -0.2) is 25.4 Å². The van der Waals surface area contributed by atoms with Crippen molar-refractivity contribution in [3.63, 3.8) is 0 Å². The monoisotopic (exact) mass is 540 g/mol. The highest BCUT2D eigenvalue weighted by molar-refractivity contribution is 6.04. The van der Waals surface area contributed by atoms with Crippen LogP contribution in [0.5, 0.6) is 0 Å². The predicted octanol–water partition coefficient (Wildman–Crippen LogP) is 5.64. The van der Waals surface area contributed by atoms with E-state index in [1.165, 1.54) is 47.4 Å². The number of rotatable bonds is 5. The Morgan fingerprint density at radius 2 is 1.61 bits per heavy atom. The Morgan fingerprint density at radius 3 is 2.39 bits per heavy atom. The number of anilines is 3. The van der Waals surface area contributed by atoms with Gasteiger partial charge in [0.05, 0.1) is 10.9 Å². The van der Waals surface area contributed by atoms with E-state index >= 15 is 0 Å². The maximum Gasteiger partial charge on any atom is 0.267 e. The largest absolute Gasteiger partial charge is 0.345 e. The quantitative estimate of drug-likeness (QED) is 0.246. The molecule has 6 aromatic rings. The van der Waals surface area contributed by atoms with Crippen molar-refractivity contribution in [3.05, 3.63) is 143 Å². The second-order valence-corrected chi connectivity index (χ2v) is 8.99. The number of nitrogens with zero attached hydrogens (tertiary/aromatic N) is 3. The number of H-pyrrole nitrogens is 1. The molecular formula is C32H21FN6O2. The van der Waals surface area contributed by atoms with Gasteiger partial charge in [0.2, 0.25) is 0 Å². The van der Waals surface area contributed by atoms with E-state index in [0.717, 1.165) is 22.2 Å². The van der Waals surface area contributed by atoms with Gasteiger partial charge in [-0.3, -0.25) is 14.2 Å². The van der Waals surface area contributed by atoms with Gasteiger partial charge in [-0.05, 0) is 72.8 Å². The fraction of sp³-hybridized carbons (Fsp3) is 0. The molecule has 0 saturated carbocycles. The number of carbonyl (C=O) groups excluding carboxylic acids is 1. The molecule has 0 aliphatic rings. The van der Waals surface area contributed by atoms with Crippen LogP contribution in [0, 0.1) is 17.7 Å². The molecule has 198 valence electrons. The smallest absolute Gasteiger partial charge is 0.267 e. The first-order chi connectivity index (χ1) is 20.0. The van der Waals surface area contributed by atoms with Crippen LogP contribution in [-0.2, 0) is 0 Å². The summed E-state index contributed by atoms with van der Waals surface area (Å²) in [7, 11) is 0. The first kappa shape index (κ1) is 25.3. The molecule has 0 spiro atoms. The highest BCUT2D eigenvalue weighted by Gasteiger charge is 2.14. The normalized spacial score (nSPS) is 10.6. The molecule has 1 amide bonds. The summed E-state index contributed by atoms with van der Waals surface area (Å²) in [5, 5.41) is 6.81. The van der Waals surface area contributed by atoms with Gasteiger partial charge in [-0.15, -0.1) is 0 Å². The lowest BCUT2D eigenvalue weighted by Crippen LogP contribution is -2.27. The number of benzene rings is 3. The van der Waals surface area contributed by atoms with Gasteiger partial charge in [0.1, 0.15) is 29.2 Å². The maximum absolute atomic E-state index is 13.3. The summed E-state index contributed by atoms with van der Waals surface area (Å²) in [4.78, 5) is 37.7. The first-order valence-electron chi connectivity index (χ1n) is 12.6. The van der Waals surface area contributed by atoms with Crippen LogP contribution in [0.2, 0.25) is 0 Å². The Kier molecular flexibility index (Phi) is 6.78. The number of hydrogen-bond acceptors (Lipinski definition) is 5. The fourth-order valence-corrected chi connectivity index (χ4v) is 4.26. The molecule has 0 fully saturated rings. The van der Waals surface area contributed by atoms with Crippen molar-refractivity contribution in [1.82, 2.24) is 19.5 Å². The van der Waals surface area contributed by atoms with E-state index in [9.17, 15) is 14.0 Å². The van der Waals surface area contributed by atoms with Crippen molar-refractivity contribution in [1.29, 1.82) is 0 Å². The average Bonchev–Trinajstić information content (AvgIpc) is 3.42. The molecule has 0 atom stereocenters. The van der Waals surface area contributed by atoms with Gasteiger partial charge in [-0.1, -0.05) is 30.0 Å². The first-order valence-corrected chi connectivity index (χ1v) is 12.6. The second kappa shape index (κ2) is 11.0. The van der Waals surface area contributed by atoms with Gasteiger partial charge in [-0.2, -0.15) is 0 Å². The SMILES string of the molecule is O=C(Nc1ccc(Nc2ncnc3[nH]cc(C#Cc4ccccc4)c23)cc1)c1cccn(-c2ccc(F)cc2)c1=O. The minimum absolute atomic E-state index is 0.0426. The average molecular weight is 541 g/mol. The van der Waals surface area contributed by atoms with Crippen molar-refractivity contribution < 1.29 is 9.18 Å². The maximum atomic E-state index is 13.3. The third kappa shape index (κ3) is 5.44. The second-order valence-electron chi connectivity index (χ2n) is 8.99. The van der Waals surface area contributed by atoms with E-state index in [-0.39, 0.29) is 5.56 Å². The number of nitrogens with one attached hydrogen (secondary N) is 3. The van der Waals surface area contributed by atoms with E-state index in [1.807, 2.05) is 30.3 Å². The van der Waals surface area contributed by atoms with Crippen LogP contribution < -0.4 is 16.2 Å². The number of fused-ring (bicyclic) bond motifs is 1. The zero-order chi connectivity index (χ0) is 28.2. The molecule has 0 aliphatic heterocycles. The van der Waals surface area contributed by atoms with Crippen LogP contribution in [0.1, 0.15) is 21.5 Å². The molecule has 8 nitrogen and oxygen atoms in total. The lowest BCUT2D eigenvalue weighted by atomic mass is 10.2. The lowest BCUT2D eigenvalue weighted by molar-refractivity contribution is 0.102. The Labute approximate surface area is 233 Å². The molecule has 3 heterocycles. The topological polar surface area (TPSA) is 105 Å². The van der Waals surface area contributed by atoms with Gasteiger partial charge in [-0.25, -0.2) is 14.4 Å². The van der Waals surface area contributed by atoms with Crippen molar-refractivity contribution in [3.8, 4) is 17.5 Å². The highest BCUT2D eigenvalue weighted by Crippen LogP contribution is 2.26. The number of aromatic amines is 1. The Balaban J connectivity index is 1.20. The van der Waals surface area contributed by atoms with Gasteiger partial charge in [0.15, 0.2) is 0 Å². The molecule has 3 aromatic heterocycles. The summed E-state index contributed by atoms with van der Waals surface area (Å²) in [5.41, 5.74) is 3.43. The molecule has 41 heavy (non-hydrogen) atoms. The summed E-state index contributed by atoms with van der Waals surface area (Å²) < 4.78 is 14.6. The van der Waals surface area contributed by atoms with Crippen LogP contribution in [0.4, 0.5) is 21.6 Å². The molecule has 0 unspecified atom stereocenters. The van der Waals surface area contributed by atoms with Gasteiger partial charge < -0.3 is 15.6 Å². The molecule has 0 bridgehead atoms. The number of halogens is 1. The number of carbonyl (C=O) groups is 1. The summed E-state index contributed by atoms with van der Waals surface area (Å²) in [5.74, 6) is 5.95. The van der Waals surface area contributed by atoms with Crippen molar-refractivity contribution in [2.45, 2.75) is 0 Å². The zero-order valence-electron chi connectivity index (χ0n) is 21.4. The van der Waals surface area contributed by atoms with E-state index in [1.54, 1.807) is 36.5 Å². The van der Waals surface area contributed by atoms with Crippen LogP contribution in [0.25, 0.3) is 16.7 Å². The van der Waals surface area contributed by atoms with Gasteiger partial charge in [0, 0.05) is 35.0 Å². The molecule has 3 N–H and O–H groups in total. The molecular weight excluding hydrogens is 519 g/mol. The Morgan fingerprint density at radius 1 is 0.854 bits per heavy atom. The van der Waals surface area contributed by atoms with E-state index in [2.05, 4.69) is 37.4 Å². The van der Waals surface area contributed by atoms with Crippen LogP contribution in [0.3, 0.4) is 0 Å². The number of pyridine rings is 1. The van der Waals surface area contributed by atoms with Crippen molar-refractivity contribution in [2.24, 2.45) is 0 Å². The van der Waals surface area contributed by atoms with Crippen LogP contribution in [0.15, 0.2) is 115 Å². The number of amides is 1. The Hall–Kier alpha value is -6.01. The van der Waals surface area contributed by atoms with Crippen LogP contribution >= 0.6 is 0 Å². The molecule has 0 saturated heterocycles. The van der Waals surface area contributed by atoms with E-state index in [4.69, 9.17) is 0 Å². The number of hydrogen-bond donors (Lipinski definition) is 3. The zero-order valence-corrected chi connectivity index (χ0v) is 21.4. The molecule has 3 aromatic carbocycles. The van der Waals surface area contributed by atoms with Crippen molar-refractivity contribution >= 4 is 34.1 Å². The summed E-state index contributed by atoms with van der Waals surface area (Å²) in [6, 6.07) is 25.2. The molecule has 6 rings (SSSR count). The Bertz CT molecular complexity index is 1990. The summed E-state index contributed by atoms with van der Waals surface area (Å²) in [6.07, 6.45) is 4.79. The standard InChI is InChI=1S/C32H21FN6O2/c33-23-10-16-26(17-11-23)39-18-4-7-27(32(39)41)31(40)38-25-14-12-24(13-15-25)37-30-28-22(19-34-29(28)35-20-36-30)9-8-21-5-2-1-3-6-21/h1-7,10-20H,(H,38,40)(H2,34,35,36,37). The molecule has 0 aliphatic carbocycles. The van der Waals surface area contributed by atoms with E-state index in [0.29, 0.717) is 22.8 Å². The third-order valence-corrected chi connectivity index (χ3v) is 6.29. The third-order valence-electron chi connectivity index (χ3n) is 6.29. The summed E-state index contributed by atoms with van der Waals surface area (Å²) in [6.45, 7) is 0. The minimum Gasteiger partial charge on any atom is -0.345 e. The van der Waals surface area contributed by atoms with Gasteiger partial charge in [0.25, 0.3) is 11.5 Å². The fourth-order valence-electron chi connectivity index (χ4n) is 4.26. The molecule has 9 heteroatoms. The number of aromatic nitrogens is 4. The predicted molar refractivity (Wildman–Crippen MR) is 156 cm³/mol. The molecule has 0 radical (unpaired) electrons. The lowest BCUT2D eigenvalue weighted by Gasteiger charge is -2.10. The van der Waals surface area contributed by atoms with Gasteiger partial charge >= 0.3 is 0 Å². The highest BCUT2D eigenvalue weighted by atomic mass is 19.1. The summed E-state index contributed by atoms with van der Waals surface area (Å²) >= 11 is 0.